The molecule has 1 saturated carbocycles. The Bertz CT molecular complexity index is 325. The first-order valence-electron chi connectivity index (χ1n) is 6.79. The van der Waals surface area contributed by atoms with Crippen LogP contribution >= 0.6 is 11.8 Å². The fourth-order valence-electron chi connectivity index (χ4n) is 2.83. The van der Waals surface area contributed by atoms with Gasteiger partial charge in [0.25, 0.3) is 0 Å². The van der Waals surface area contributed by atoms with Gasteiger partial charge in [0.15, 0.2) is 0 Å². The second kappa shape index (κ2) is 7.75. The number of likely N-dealkylation sites (N-methyl/N-ethyl adjacent to an activating group) is 1. The molecule has 2 unspecified atom stereocenters. The fourth-order valence-corrected chi connectivity index (χ4v) is 3.62. The van der Waals surface area contributed by atoms with Gasteiger partial charge in [0.2, 0.25) is 5.91 Å². The third-order valence-electron chi connectivity index (χ3n) is 3.76. The number of carbonyl (C=O) groups excluding carboxylic acids is 2. The molecule has 0 heterocycles. The summed E-state index contributed by atoms with van der Waals surface area (Å²) in [6, 6.07) is 0. The van der Waals surface area contributed by atoms with Crippen molar-refractivity contribution in [2.75, 3.05) is 25.2 Å². The van der Waals surface area contributed by atoms with Crippen molar-refractivity contribution in [1.29, 1.82) is 0 Å². The van der Waals surface area contributed by atoms with E-state index in [-0.39, 0.29) is 17.8 Å². The summed E-state index contributed by atoms with van der Waals surface area (Å²) >= 11 is 1.53. The summed E-state index contributed by atoms with van der Waals surface area (Å²) in [5, 5.41) is 3.19. The minimum atomic E-state index is -0.538. The van der Waals surface area contributed by atoms with Gasteiger partial charge in [0, 0.05) is 0 Å². The summed E-state index contributed by atoms with van der Waals surface area (Å²) in [5.74, 6) is 1.04. The Morgan fingerprint density at radius 3 is 2.84 bits per heavy atom. The molecule has 0 saturated heterocycles. The van der Waals surface area contributed by atoms with Gasteiger partial charge in [-0.25, -0.2) is 0 Å². The van der Waals surface area contributed by atoms with E-state index in [9.17, 15) is 9.59 Å². The van der Waals surface area contributed by atoms with E-state index in [1.165, 1.54) is 11.8 Å². The highest BCUT2D eigenvalue weighted by atomic mass is 32.2. The normalized spacial score (nSPS) is 26.3. The highest BCUT2D eigenvalue weighted by Crippen LogP contribution is 2.39. The zero-order valence-corrected chi connectivity index (χ0v) is 12.6. The number of ether oxygens (including phenoxy) is 1. The number of nitrogens with one attached hydrogen (secondary N) is 1. The molecule has 6 heteroatoms. The van der Waals surface area contributed by atoms with Gasteiger partial charge in [0.1, 0.15) is 5.54 Å². The number of hydrogen-bond donors (Lipinski definition) is 2. The van der Waals surface area contributed by atoms with Gasteiger partial charge in [-0.05, 0) is 44.9 Å². The molecule has 0 aromatic heterocycles. The van der Waals surface area contributed by atoms with Crippen LogP contribution in [0.3, 0.4) is 0 Å². The van der Waals surface area contributed by atoms with Gasteiger partial charge < -0.3 is 15.8 Å². The molecule has 0 spiro atoms. The molecule has 1 amide bonds. The number of hydrogen-bond acceptors (Lipinski definition) is 5. The standard InChI is InChI=1S/C13H24N2O3S/c1-3-18-12(17)13(15-2)7-4-5-10(13)6-8-19-9-11(14)16/h10,15H,3-9H2,1-2H3,(H2,14,16). The summed E-state index contributed by atoms with van der Waals surface area (Å²) < 4.78 is 5.21. The van der Waals surface area contributed by atoms with Crippen LogP contribution in [-0.2, 0) is 14.3 Å². The van der Waals surface area contributed by atoms with Crippen LogP contribution in [0, 0.1) is 5.92 Å². The molecule has 1 fully saturated rings. The minimum Gasteiger partial charge on any atom is -0.465 e. The van der Waals surface area contributed by atoms with Crippen molar-refractivity contribution in [3.63, 3.8) is 0 Å². The van der Waals surface area contributed by atoms with E-state index in [2.05, 4.69) is 5.32 Å². The summed E-state index contributed by atoms with van der Waals surface area (Å²) in [4.78, 5) is 22.9. The van der Waals surface area contributed by atoms with E-state index in [0.29, 0.717) is 12.4 Å². The molecule has 2 atom stereocenters. The average molecular weight is 288 g/mol. The number of amides is 1. The third kappa shape index (κ3) is 4.11. The first-order chi connectivity index (χ1) is 9.06. The van der Waals surface area contributed by atoms with Crippen LogP contribution in [0.25, 0.3) is 0 Å². The smallest absolute Gasteiger partial charge is 0.326 e. The highest BCUT2D eigenvalue weighted by Gasteiger charge is 2.48. The minimum absolute atomic E-state index is 0.139. The topological polar surface area (TPSA) is 81.4 Å². The molecule has 1 rings (SSSR count). The van der Waals surface area contributed by atoms with Crippen LogP contribution in [0.4, 0.5) is 0 Å². The molecule has 0 aliphatic heterocycles. The molecule has 110 valence electrons. The Kier molecular flexibility index (Phi) is 6.65. The Morgan fingerprint density at radius 2 is 2.26 bits per heavy atom. The van der Waals surface area contributed by atoms with Gasteiger partial charge >= 0.3 is 5.97 Å². The SMILES string of the molecule is CCOC(=O)C1(NC)CCCC1CCSCC(N)=O. The molecule has 1 aliphatic carbocycles. The fraction of sp³-hybridized carbons (Fsp3) is 0.846. The predicted molar refractivity (Wildman–Crippen MR) is 76.9 cm³/mol. The molecule has 1 aliphatic rings. The van der Waals surface area contributed by atoms with Crippen LogP contribution < -0.4 is 11.1 Å². The third-order valence-corrected chi connectivity index (χ3v) is 4.77. The Morgan fingerprint density at radius 1 is 1.53 bits per heavy atom. The molecular weight excluding hydrogens is 264 g/mol. The maximum atomic E-state index is 12.2. The Hall–Kier alpha value is -0.750. The predicted octanol–water partition coefficient (Wildman–Crippen LogP) is 0.916. The molecular formula is C13H24N2O3S. The largest absolute Gasteiger partial charge is 0.465 e. The van der Waals surface area contributed by atoms with Crippen LogP contribution in [0.2, 0.25) is 0 Å². The first-order valence-corrected chi connectivity index (χ1v) is 7.94. The zero-order chi connectivity index (χ0) is 14.3. The second-order valence-corrected chi connectivity index (χ2v) is 5.94. The second-order valence-electron chi connectivity index (χ2n) is 4.84. The Balaban J connectivity index is 2.54. The van der Waals surface area contributed by atoms with Crippen molar-refractivity contribution in [2.45, 2.75) is 38.1 Å². The highest BCUT2D eigenvalue weighted by molar-refractivity contribution is 7.99. The van der Waals surface area contributed by atoms with E-state index in [1.807, 2.05) is 14.0 Å². The van der Waals surface area contributed by atoms with E-state index in [4.69, 9.17) is 10.5 Å². The summed E-state index contributed by atoms with van der Waals surface area (Å²) in [6.45, 7) is 2.24. The lowest BCUT2D eigenvalue weighted by Crippen LogP contribution is -2.54. The van der Waals surface area contributed by atoms with Crippen molar-refractivity contribution in [1.82, 2.24) is 5.32 Å². The lowest BCUT2D eigenvalue weighted by Gasteiger charge is -2.32. The number of primary amides is 1. The van der Waals surface area contributed by atoms with Gasteiger partial charge in [-0.2, -0.15) is 11.8 Å². The molecule has 5 nitrogen and oxygen atoms in total. The van der Waals surface area contributed by atoms with Crippen molar-refractivity contribution in [3.05, 3.63) is 0 Å². The van der Waals surface area contributed by atoms with Crippen LogP contribution in [-0.4, -0.2) is 42.6 Å². The van der Waals surface area contributed by atoms with Crippen LogP contribution in [0.1, 0.15) is 32.6 Å². The first kappa shape index (κ1) is 16.3. The average Bonchev–Trinajstić information content (AvgIpc) is 2.79. The number of nitrogens with two attached hydrogens (primary N) is 1. The molecule has 0 radical (unpaired) electrons. The van der Waals surface area contributed by atoms with Gasteiger partial charge in [0.05, 0.1) is 12.4 Å². The summed E-state index contributed by atoms with van der Waals surface area (Å²) in [5.41, 5.74) is 4.57. The monoisotopic (exact) mass is 288 g/mol. The molecule has 19 heavy (non-hydrogen) atoms. The van der Waals surface area contributed by atoms with E-state index in [0.717, 1.165) is 31.4 Å². The number of rotatable bonds is 8. The number of esters is 1. The van der Waals surface area contributed by atoms with Gasteiger partial charge in [-0.3, -0.25) is 9.59 Å². The maximum absolute atomic E-state index is 12.2. The van der Waals surface area contributed by atoms with Crippen molar-refractivity contribution >= 4 is 23.6 Å². The molecule has 0 aromatic rings. The number of carbonyl (C=O) groups is 2. The molecule has 3 N–H and O–H groups in total. The van der Waals surface area contributed by atoms with Gasteiger partial charge in [-0.1, -0.05) is 6.42 Å². The van der Waals surface area contributed by atoms with Gasteiger partial charge in [-0.15, -0.1) is 0 Å². The maximum Gasteiger partial charge on any atom is 0.326 e. The lowest BCUT2D eigenvalue weighted by molar-refractivity contribution is -0.152. The summed E-state index contributed by atoms with van der Waals surface area (Å²) in [6.07, 6.45) is 3.78. The lowest BCUT2D eigenvalue weighted by atomic mass is 9.85. The molecule has 0 aromatic carbocycles. The van der Waals surface area contributed by atoms with E-state index in [1.54, 1.807) is 0 Å². The van der Waals surface area contributed by atoms with Crippen LogP contribution in [0.5, 0.6) is 0 Å². The summed E-state index contributed by atoms with van der Waals surface area (Å²) in [7, 11) is 1.83. The number of thioether (sulfide) groups is 1. The van der Waals surface area contributed by atoms with Crippen LogP contribution in [0.15, 0.2) is 0 Å². The van der Waals surface area contributed by atoms with E-state index >= 15 is 0 Å². The van der Waals surface area contributed by atoms with E-state index < -0.39 is 5.54 Å². The Labute approximate surface area is 119 Å². The quantitative estimate of drug-likeness (QED) is 0.512. The van der Waals surface area contributed by atoms with Crippen molar-refractivity contribution < 1.29 is 14.3 Å². The zero-order valence-electron chi connectivity index (χ0n) is 11.7. The molecule has 0 bridgehead atoms. The van der Waals surface area contributed by atoms with Crippen molar-refractivity contribution in [2.24, 2.45) is 11.7 Å². The van der Waals surface area contributed by atoms with Crippen molar-refractivity contribution in [3.8, 4) is 0 Å².